The van der Waals surface area contributed by atoms with E-state index in [-0.39, 0.29) is 10.8 Å². The predicted octanol–water partition coefficient (Wildman–Crippen LogP) is 4.37. The number of carbonyl (C=O) groups excluding carboxylic acids is 1. The van der Waals surface area contributed by atoms with E-state index in [4.69, 9.17) is 9.47 Å². The van der Waals surface area contributed by atoms with Crippen molar-refractivity contribution in [3.8, 4) is 11.5 Å². The van der Waals surface area contributed by atoms with Gasteiger partial charge >= 0.3 is 0 Å². The summed E-state index contributed by atoms with van der Waals surface area (Å²) >= 11 is 0. The molecule has 3 aromatic carbocycles. The fraction of sp³-hybridized carbons (Fsp3) is 0.321. The van der Waals surface area contributed by atoms with E-state index >= 15 is 0 Å². The average Bonchev–Trinajstić information content (AvgIpc) is 2.87. The molecular weight excluding hydrogens is 492 g/mol. The number of aliphatic hydroxyl groups is 1. The van der Waals surface area contributed by atoms with E-state index in [0.29, 0.717) is 28.3 Å². The zero-order chi connectivity index (χ0) is 27.0. The number of aliphatic hydroxyl groups excluding tert-OH is 1. The van der Waals surface area contributed by atoms with Gasteiger partial charge in [-0.2, -0.15) is 0 Å². The third kappa shape index (κ3) is 5.49. The van der Waals surface area contributed by atoms with Crippen LogP contribution in [0.15, 0.2) is 65.6 Å². The van der Waals surface area contributed by atoms with Gasteiger partial charge in [-0.15, -0.1) is 0 Å². The van der Waals surface area contributed by atoms with E-state index in [1.807, 2.05) is 19.9 Å². The quantitative estimate of drug-likeness (QED) is 0.423. The Morgan fingerprint density at radius 3 is 2.41 bits per heavy atom. The Labute approximate surface area is 217 Å². The smallest absolute Gasteiger partial charge is 0.255 e. The Morgan fingerprint density at radius 1 is 1.08 bits per heavy atom. The molecule has 4 rings (SSSR count). The number of aryl methyl sites for hydroxylation is 2. The zero-order valence-corrected chi connectivity index (χ0v) is 22.3. The molecule has 1 heterocycles. The van der Waals surface area contributed by atoms with Crippen molar-refractivity contribution in [2.24, 2.45) is 0 Å². The second kappa shape index (κ2) is 10.2. The molecule has 37 heavy (non-hydrogen) atoms. The highest BCUT2D eigenvalue weighted by Gasteiger charge is 2.44. The maximum absolute atomic E-state index is 13.3. The van der Waals surface area contributed by atoms with Crippen molar-refractivity contribution < 1.29 is 27.8 Å². The summed E-state index contributed by atoms with van der Waals surface area (Å²) in [6.07, 6.45) is -0.429. The second-order valence-electron chi connectivity index (χ2n) is 9.63. The standard InChI is InChI=1S/C28H32N2O6S/c1-6-18-7-11-21(12-8-18)37(33,34)30-25-22-16-19(9-14-24(22)36-28(3,4)26(25)31)27(32)29-23-13-10-20(35-5)15-17(23)2/h7-16,25-26,30-31H,6H2,1-5H3,(H,29,32)/t25-,26+/m1/s1. The van der Waals surface area contributed by atoms with Crippen LogP contribution in [-0.2, 0) is 16.4 Å². The van der Waals surface area contributed by atoms with E-state index in [1.54, 1.807) is 75.6 Å². The lowest BCUT2D eigenvalue weighted by Crippen LogP contribution is -2.53. The monoisotopic (exact) mass is 524 g/mol. The normalized spacial score (nSPS) is 18.4. The molecule has 0 unspecified atom stereocenters. The van der Waals surface area contributed by atoms with Crippen LogP contribution in [-0.4, -0.2) is 38.2 Å². The van der Waals surface area contributed by atoms with Crippen molar-refractivity contribution in [1.82, 2.24) is 4.72 Å². The molecule has 0 saturated carbocycles. The predicted molar refractivity (Wildman–Crippen MR) is 142 cm³/mol. The van der Waals surface area contributed by atoms with Gasteiger partial charge in [0.05, 0.1) is 18.0 Å². The Bertz CT molecular complexity index is 1420. The number of anilines is 1. The van der Waals surface area contributed by atoms with E-state index in [2.05, 4.69) is 10.0 Å². The van der Waals surface area contributed by atoms with Gasteiger partial charge < -0.3 is 19.9 Å². The summed E-state index contributed by atoms with van der Waals surface area (Å²) in [6.45, 7) is 7.22. The lowest BCUT2D eigenvalue weighted by molar-refractivity contribution is -0.0603. The molecule has 3 N–H and O–H groups in total. The van der Waals surface area contributed by atoms with Crippen LogP contribution in [0.3, 0.4) is 0 Å². The largest absolute Gasteiger partial charge is 0.497 e. The highest BCUT2D eigenvalue weighted by molar-refractivity contribution is 7.89. The summed E-state index contributed by atoms with van der Waals surface area (Å²) in [7, 11) is -2.41. The maximum atomic E-state index is 13.3. The molecule has 196 valence electrons. The molecule has 3 aromatic rings. The molecule has 2 atom stereocenters. The fourth-order valence-electron chi connectivity index (χ4n) is 4.31. The summed E-state index contributed by atoms with van der Waals surface area (Å²) in [5.41, 5.74) is 2.05. The molecule has 0 fully saturated rings. The first-order valence-electron chi connectivity index (χ1n) is 12.0. The fourth-order valence-corrected chi connectivity index (χ4v) is 5.53. The molecule has 1 aliphatic heterocycles. The third-order valence-electron chi connectivity index (χ3n) is 6.61. The first kappa shape index (κ1) is 26.7. The van der Waals surface area contributed by atoms with Gasteiger partial charge in [0.25, 0.3) is 5.91 Å². The Morgan fingerprint density at radius 2 is 1.78 bits per heavy atom. The van der Waals surface area contributed by atoms with Gasteiger partial charge in [-0.25, -0.2) is 13.1 Å². The van der Waals surface area contributed by atoms with Crippen LogP contribution in [0.5, 0.6) is 11.5 Å². The molecule has 0 radical (unpaired) electrons. The number of methoxy groups -OCH3 is 1. The topological polar surface area (TPSA) is 114 Å². The Balaban J connectivity index is 1.67. The summed E-state index contributed by atoms with van der Waals surface area (Å²) in [6, 6.07) is 15.7. The minimum absolute atomic E-state index is 0.0895. The lowest BCUT2D eigenvalue weighted by Gasteiger charge is -2.42. The van der Waals surface area contributed by atoms with Gasteiger partial charge in [-0.05, 0) is 86.8 Å². The van der Waals surface area contributed by atoms with Crippen molar-refractivity contribution in [3.05, 3.63) is 82.9 Å². The van der Waals surface area contributed by atoms with Crippen molar-refractivity contribution in [1.29, 1.82) is 0 Å². The van der Waals surface area contributed by atoms with Gasteiger partial charge in [0, 0.05) is 16.8 Å². The molecule has 0 aliphatic carbocycles. The van der Waals surface area contributed by atoms with E-state index < -0.39 is 27.8 Å². The number of nitrogens with one attached hydrogen (secondary N) is 2. The molecular formula is C28H32N2O6S. The van der Waals surface area contributed by atoms with Crippen LogP contribution in [0.1, 0.15) is 53.9 Å². The van der Waals surface area contributed by atoms with Crippen LogP contribution in [0, 0.1) is 6.92 Å². The summed E-state index contributed by atoms with van der Waals surface area (Å²) in [5.74, 6) is 0.686. The minimum atomic E-state index is -3.98. The second-order valence-corrected chi connectivity index (χ2v) is 11.3. The SMILES string of the molecule is CCc1ccc(S(=O)(=O)N[C@@H]2c3cc(C(=O)Nc4ccc(OC)cc4C)ccc3OC(C)(C)[C@H]2O)cc1. The van der Waals surface area contributed by atoms with Gasteiger partial charge in [-0.3, -0.25) is 4.79 Å². The van der Waals surface area contributed by atoms with Crippen molar-refractivity contribution >= 4 is 21.6 Å². The van der Waals surface area contributed by atoms with Crippen molar-refractivity contribution in [2.75, 3.05) is 12.4 Å². The molecule has 0 saturated heterocycles. The van der Waals surface area contributed by atoms with E-state index in [1.165, 1.54) is 0 Å². The summed E-state index contributed by atoms with van der Waals surface area (Å²) in [5, 5.41) is 14.0. The van der Waals surface area contributed by atoms with Crippen LogP contribution in [0.25, 0.3) is 0 Å². The molecule has 0 bridgehead atoms. The molecule has 8 nitrogen and oxygen atoms in total. The van der Waals surface area contributed by atoms with Crippen LogP contribution < -0.4 is 19.5 Å². The highest BCUT2D eigenvalue weighted by Crippen LogP contribution is 2.41. The number of sulfonamides is 1. The van der Waals surface area contributed by atoms with Crippen molar-refractivity contribution in [2.45, 2.75) is 56.8 Å². The first-order valence-corrected chi connectivity index (χ1v) is 13.5. The Hall–Kier alpha value is -3.40. The maximum Gasteiger partial charge on any atom is 0.255 e. The number of hydrogen-bond donors (Lipinski definition) is 3. The number of carbonyl (C=O) groups is 1. The summed E-state index contributed by atoms with van der Waals surface area (Å²) in [4.78, 5) is 13.2. The van der Waals surface area contributed by atoms with Crippen molar-refractivity contribution in [3.63, 3.8) is 0 Å². The molecule has 0 aromatic heterocycles. The van der Waals surface area contributed by atoms with Crippen LogP contribution in [0.2, 0.25) is 0 Å². The third-order valence-corrected chi connectivity index (χ3v) is 8.07. The van der Waals surface area contributed by atoms with Gasteiger partial charge in [-0.1, -0.05) is 19.1 Å². The van der Waals surface area contributed by atoms with Gasteiger partial charge in [0.2, 0.25) is 10.0 Å². The summed E-state index contributed by atoms with van der Waals surface area (Å²) < 4.78 is 40.4. The molecule has 0 spiro atoms. The molecule has 1 amide bonds. The molecule has 1 aliphatic rings. The Kier molecular flexibility index (Phi) is 7.32. The van der Waals surface area contributed by atoms with Crippen LogP contribution >= 0.6 is 0 Å². The zero-order valence-electron chi connectivity index (χ0n) is 21.5. The van der Waals surface area contributed by atoms with Gasteiger partial charge in [0.15, 0.2) is 0 Å². The van der Waals surface area contributed by atoms with Gasteiger partial charge in [0.1, 0.15) is 23.2 Å². The number of rotatable bonds is 7. The first-order chi connectivity index (χ1) is 17.4. The number of hydrogen-bond acceptors (Lipinski definition) is 6. The average molecular weight is 525 g/mol. The molecule has 9 heteroatoms. The minimum Gasteiger partial charge on any atom is -0.497 e. The lowest BCUT2D eigenvalue weighted by atomic mass is 9.86. The van der Waals surface area contributed by atoms with Crippen LogP contribution in [0.4, 0.5) is 5.69 Å². The van der Waals surface area contributed by atoms with E-state index in [9.17, 15) is 18.3 Å². The number of amides is 1. The number of fused-ring (bicyclic) bond motifs is 1. The number of ether oxygens (including phenoxy) is 2. The highest BCUT2D eigenvalue weighted by atomic mass is 32.2. The van der Waals surface area contributed by atoms with E-state index in [0.717, 1.165) is 17.5 Å². The number of benzene rings is 3.